The third-order valence-corrected chi connectivity index (χ3v) is 10.0. The largest absolute Gasteiger partial charge is 0.351 e. The zero-order valence-corrected chi connectivity index (χ0v) is 19.8. The topological polar surface area (TPSA) is 143 Å². The number of hydrogen-bond donors (Lipinski definition) is 3. The van der Waals surface area contributed by atoms with Gasteiger partial charge in [-0.1, -0.05) is 18.6 Å². The molecule has 0 bridgehead atoms. The maximum atomic E-state index is 13.2. The van der Waals surface area contributed by atoms with Gasteiger partial charge in [0.2, 0.25) is 5.91 Å². The number of amides is 3. The van der Waals surface area contributed by atoms with Crippen molar-refractivity contribution < 1.29 is 23.2 Å². The lowest BCUT2D eigenvalue weighted by Crippen LogP contribution is -2.43. The number of carbonyl (C=O) groups excluding carboxylic acids is 2. The first-order valence-corrected chi connectivity index (χ1v) is 13.1. The Bertz CT molecular complexity index is 1310. The zero-order valence-electron chi connectivity index (χ0n) is 18.2. The Kier molecular flexibility index (Phi) is 6.69. The van der Waals surface area contributed by atoms with Crippen LogP contribution in [0.15, 0.2) is 60.9 Å². The molecule has 0 radical (unpaired) electrons. The summed E-state index contributed by atoms with van der Waals surface area (Å²) in [5, 5.41) is 9.06. The molecule has 1 fully saturated rings. The van der Waals surface area contributed by atoms with E-state index in [0.29, 0.717) is 35.5 Å². The van der Waals surface area contributed by atoms with Crippen molar-refractivity contribution in [3.8, 4) is 10.4 Å². The van der Waals surface area contributed by atoms with Crippen LogP contribution in [0.3, 0.4) is 0 Å². The number of rotatable bonds is 6. The van der Waals surface area contributed by atoms with Crippen molar-refractivity contribution in [1.82, 2.24) is 10.5 Å². The minimum absolute atomic E-state index is 0.00684. The number of anilines is 2. The van der Waals surface area contributed by atoms with Gasteiger partial charge in [0.15, 0.2) is 9.84 Å². The van der Waals surface area contributed by atoms with Gasteiger partial charge in [-0.05, 0) is 54.8 Å². The van der Waals surface area contributed by atoms with Crippen LogP contribution in [0.25, 0.3) is 10.4 Å². The fourth-order valence-electron chi connectivity index (χ4n) is 4.34. The Morgan fingerprint density at radius 3 is 2.62 bits per heavy atom. The highest BCUT2D eigenvalue weighted by atomic mass is 32.2. The van der Waals surface area contributed by atoms with E-state index in [0.717, 1.165) is 10.4 Å². The molecule has 4 N–H and O–H groups in total. The van der Waals surface area contributed by atoms with Crippen LogP contribution < -0.4 is 16.1 Å². The lowest BCUT2D eigenvalue weighted by atomic mass is 9.94. The van der Waals surface area contributed by atoms with E-state index in [1.54, 1.807) is 54.1 Å². The van der Waals surface area contributed by atoms with Crippen LogP contribution in [0.4, 0.5) is 16.2 Å². The molecule has 1 aliphatic rings. The van der Waals surface area contributed by atoms with Gasteiger partial charge in [0.05, 0.1) is 29.7 Å². The summed E-state index contributed by atoms with van der Waals surface area (Å²) in [7, 11) is -3.62. The van der Waals surface area contributed by atoms with Crippen LogP contribution >= 0.6 is 11.3 Å². The maximum Gasteiger partial charge on any atom is 0.323 e. The molecule has 0 aliphatic carbocycles. The number of nitrogens with two attached hydrogens (primary N) is 1. The molecule has 1 saturated heterocycles. The van der Waals surface area contributed by atoms with Crippen molar-refractivity contribution >= 4 is 44.5 Å². The summed E-state index contributed by atoms with van der Waals surface area (Å²) in [5.41, 5.74) is 9.02. The van der Waals surface area contributed by atoms with E-state index in [2.05, 4.69) is 4.98 Å². The van der Waals surface area contributed by atoms with E-state index in [9.17, 15) is 18.0 Å². The summed E-state index contributed by atoms with van der Waals surface area (Å²) in [6.07, 6.45) is 4.30. The first-order valence-electron chi connectivity index (χ1n) is 10.6. The van der Waals surface area contributed by atoms with Gasteiger partial charge < -0.3 is 5.73 Å². The average molecular weight is 501 g/mol. The molecule has 3 amide bonds. The lowest BCUT2D eigenvalue weighted by molar-refractivity contribution is -0.130. The molecule has 178 valence electrons. The number of hydroxylamine groups is 1. The fourth-order valence-corrected chi connectivity index (χ4v) is 8.12. The number of primary amides is 1. The predicted molar refractivity (Wildman–Crippen MR) is 130 cm³/mol. The Labute approximate surface area is 201 Å². The highest BCUT2D eigenvalue weighted by molar-refractivity contribution is 7.92. The standard InChI is InChI=1S/C23H24N4O5S2/c24-22(29)27(18-7-4-11-25-15-18)17-6-3-5-16(13-17)19-8-9-20(33-19)23(14-21(28)26-30)10-1-2-12-34(23,31)32/h3-9,11,13,15,30H,1-2,10,12,14H2,(H2,24,29)(H,26,28)/t23-/m0/s1. The second-order valence-electron chi connectivity index (χ2n) is 8.08. The summed E-state index contributed by atoms with van der Waals surface area (Å²) in [5.74, 6) is -0.747. The van der Waals surface area contributed by atoms with Gasteiger partial charge in [0, 0.05) is 16.0 Å². The summed E-state index contributed by atoms with van der Waals surface area (Å²) < 4.78 is 24.9. The van der Waals surface area contributed by atoms with Crippen LogP contribution in [0.1, 0.15) is 30.6 Å². The second-order valence-corrected chi connectivity index (χ2v) is 11.6. The highest BCUT2D eigenvalue weighted by Gasteiger charge is 2.49. The van der Waals surface area contributed by atoms with Crippen LogP contribution in [-0.4, -0.2) is 36.3 Å². The molecule has 2 aromatic heterocycles. The molecule has 4 rings (SSSR count). The maximum absolute atomic E-state index is 13.2. The smallest absolute Gasteiger partial charge is 0.323 e. The molecule has 1 atom stereocenters. The number of nitrogens with zero attached hydrogens (tertiary/aromatic N) is 2. The average Bonchev–Trinajstić information content (AvgIpc) is 3.32. The monoisotopic (exact) mass is 500 g/mol. The normalized spacial score (nSPS) is 19.3. The van der Waals surface area contributed by atoms with Gasteiger partial charge in [-0.15, -0.1) is 11.3 Å². The Morgan fingerprint density at radius 2 is 1.94 bits per heavy atom. The van der Waals surface area contributed by atoms with E-state index < -0.39 is 26.5 Å². The second kappa shape index (κ2) is 9.53. The Morgan fingerprint density at radius 1 is 1.15 bits per heavy atom. The predicted octanol–water partition coefficient (Wildman–Crippen LogP) is 3.72. The minimum atomic E-state index is -3.62. The van der Waals surface area contributed by atoms with Crippen molar-refractivity contribution in [2.24, 2.45) is 5.73 Å². The summed E-state index contributed by atoms with van der Waals surface area (Å²) in [6.45, 7) is 0. The number of urea groups is 1. The molecule has 1 aromatic carbocycles. The van der Waals surface area contributed by atoms with Crippen molar-refractivity contribution in [1.29, 1.82) is 0 Å². The zero-order chi connectivity index (χ0) is 24.3. The van der Waals surface area contributed by atoms with Gasteiger partial charge in [-0.25, -0.2) is 18.7 Å². The van der Waals surface area contributed by atoms with Crippen LogP contribution in [0, 0.1) is 0 Å². The lowest BCUT2D eigenvalue weighted by Gasteiger charge is -2.35. The van der Waals surface area contributed by atoms with E-state index in [1.807, 2.05) is 6.07 Å². The number of thiophene rings is 1. The number of sulfone groups is 1. The van der Waals surface area contributed by atoms with Crippen LogP contribution in [0.2, 0.25) is 0 Å². The first kappa shape index (κ1) is 23.9. The van der Waals surface area contributed by atoms with Crippen molar-refractivity contribution in [2.75, 3.05) is 10.7 Å². The minimum Gasteiger partial charge on any atom is -0.351 e. The summed E-state index contributed by atoms with van der Waals surface area (Å²) in [4.78, 5) is 31.0. The number of pyridine rings is 1. The van der Waals surface area contributed by atoms with E-state index in [1.165, 1.54) is 22.4 Å². The number of aromatic nitrogens is 1. The van der Waals surface area contributed by atoms with E-state index >= 15 is 0 Å². The van der Waals surface area contributed by atoms with Gasteiger partial charge in [-0.2, -0.15) is 0 Å². The Hall–Kier alpha value is -3.28. The number of benzene rings is 1. The molecule has 34 heavy (non-hydrogen) atoms. The van der Waals surface area contributed by atoms with Gasteiger partial charge in [0.1, 0.15) is 4.75 Å². The van der Waals surface area contributed by atoms with E-state index in [-0.39, 0.29) is 12.2 Å². The van der Waals surface area contributed by atoms with Crippen LogP contribution in [0.5, 0.6) is 0 Å². The molecule has 3 heterocycles. The van der Waals surface area contributed by atoms with Crippen LogP contribution in [-0.2, 0) is 19.4 Å². The summed E-state index contributed by atoms with van der Waals surface area (Å²) in [6, 6.07) is 13.5. The SMILES string of the molecule is NC(=O)N(c1cccnc1)c1cccc(-c2ccc([C@@]3(CC(=O)NO)CCCCS3(=O)=O)s2)c1. The highest BCUT2D eigenvalue weighted by Crippen LogP contribution is 2.47. The molecule has 3 aromatic rings. The summed E-state index contributed by atoms with van der Waals surface area (Å²) >= 11 is 1.28. The Balaban J connectivity index is 1.74. The number of hydrogen-bond acceptors (Lipinski definition) is 7. The van der Waals surface area contributed by atoms with Crippen molar-refractivity contribution in [3.05, 3.63) is 65.8 Å². The van der Waals surface area contributed by atoms with E-state index in [4.69, 9.17) is 10.9 Å². The fraction of sp³-hybridized carbons (Fsp3) is 0.261. The molecular formula is C23H24N4O5S2. The molecular weight excluding hydrogens is 476 g/mol. The van der Waals surface area contributed by atoms with Gasteiger partial charge in [0.25, 0.3) is 0 Å². The molecule has 11 heteroatoms. The third kappa shape index (κ3) is 4.41. The third-order valence-electron chi connectivity index (χ3n) is 5.98. The molecule has 9 nitrogen and oxygen atoms in total. The molecule has 0 saturated carbocycles. The molecule has 0 unspecified atom stereocenters. The number of nitrogens with one attached hydrogen (secondary N) is 1. The molecule has 0 spiro atoms. The van der Waals surface area contributed by atoms with Gasteiger partial charge in [-0.3, -0.25) is 19.9 Å². The van der Waals surface area contributed by atoms with Crippen molar-refractivity contribution in [3.63, 3.8) is 0 Å². The molecule has 1 aliphatic heterocycles. The number of carbonyl (C=O) groups is 2. The van der Waals surface area contributed by atoms with Crippen molar-refractivity contribution in [2.45, 2.75) is 30.4 Å². The van der Waals surface area contributed by atoms with Gasteiger partial charge >= 0.3 is 6.03 Å². The first-order chi connectivity index (χ1) is 16.3. The quantitative estimate of drug-likeness (QED) is 0.348.